The minimum absolute atomic E-state index is 0.0936. The van der Waals surface area contributed by atoms with Gasteiger partial charge in [0.05, 0.1) is 16.6 Å². The number of primary amides is 1. The fourth-order valence-electron chi connectivity index (χ4n) is 2.36. The highest BCUT2D eigenvalue weighted by Gasteiger charge is 2.22. The van der Waals surface area contributed by atoms with E-state index in [1.807, 2.05) is 4.90 Å². The number of nitrogens with one attached hydrogen (secondary N) is 1. The number of likely N-dealkylation sites (tertiary alicyclic amines) is 1. The number of piperidine rings is 1. The number of nitrogens with zero attached hydrogens (tertiary/aromatic N) is 1. The second-order valence-corrected chi connectivity index (χ2v) is 5.93. The Kier molecular flexibility index (Phi) is 5.45. The van der Waals surface area contributed by atoms with Crippen molar-refractivity contribution in [1.29, 1.82) is 0 Å². The predicted molar refractivity (Wildman–Crippen MR) is 82.6 cm³/mol. The molecule has 2 rings (SSSR count). The van der Waals surface area contributed by atoms with E-state index in [0.29, 0.717) is 15.6 Å². The number of amides is 2. The van der Waals surface area contributed by atoms with E-state index in [0.717, 1.165) is 25.9 Å². The van der Waals surface area contributed by atoms with Gasteiger partial charge in [-0.05, 0) is 31.0 Å². The first-order valence-electron chi connectivity index (χ1n) is 6.72. The first-order valence-corrected chi connectivity index (χ1v) is 7.48. The van der Waals surface area contributed by atoms with Gasteiger partial charge in [0, 0.05) is 24.7 Å². The van der Waals surface area contributed by atoms with Crippen LogP contribution in [0.2, 0.25) is 10.0 Å². The highest BCUT2D eigenvalue weighted by Crippen LogP contribution is 2.22. The largest absolute Gasteiger partial charge is 0.369 e. The molecule has 21 heavy (non-hydrogen) atoms. The number of halogens is 2. The van der Waals surface area contributed by atoms with Crippen LogP contribution in [0.1, 0.15) is 23.2 Å². The third kappa shape index (κ3) is 4.59. The summed E-state index contributed by atoms with van der Waals surface area (Å²) in [6.07, 6.45) is 1.58. The van der Waals surface area contributed by atoms with E-state index >= 15 is 0 Å². The van der Waals surface area contributed by atoms with E-state index in [9.17, 15) is 9.59 Å². The lowest BCUT2D eigenvalue weighted by Crippen LogP contribution is -2.46. The summed E-state index contributed by atoms with van der Waals surface area (Å²) in [7, 11) is 0. The van der Waals surface area contributed by atoms with Crippen LogP contribution in [0.5, 0.6) is 0 Å². The van der Waals surface area contributed by atoms with Crippen LogP contribution in [0.3, 0.4) is 0 Å². The smallest absolute Gasteiger partial charge is 0.251 e. The molecule has 1 aliphatic rings. The topological polar surface area (TPSA) is 75.4 Å². The Labute approximate surface area is 133 Å². The molecular formula is C14H17Cl2N3O2. The molecule has 0 radical (unpaired) electrons. The van der Waals surface area contributed by atoms with Crippen molar-refractivity contribution < 1.29 is 9.59 Å². The van der Waals surface area contributed by atoms with Crippen molar-refractivity contribution in [1.82, 2.24) is 10.2 Å². The van der Waals surface area contributed by atoms with Gasteiger partial charge in [0.1, 0.15) is 0 Å². The third-order valence-electron chi connectivity index (χ3n) is 3.48. The number of benzene rings is 1. The first-order chi connectivity index (χ1) is 9.95. The zero-order valence-electron chi connectivity index (χ0n) is 11.4. The molecular weight excluding hydrogens is 313 g/mol. The van der Waals surface area contributed by atoms with Crippen molar-refractivity contribution in [3.8, 4) is 0 Å². The molecule has 2 amide bonds. The van der Waals surface area contributed by atoms with Crippen LogP contribution in [0.4, 0.5) is 0 Å². The zero-order chi connectivity index (χ0) is 15.4. The standard InChI is InChI=1S/C14H17Cl2N3O2/c15-11-2-1-9(7-12(11)16)14(21)18-10-3-5-19(6-4-10)8-13(17)20/h1-2,7,10H,3-6,8H2,(H2,17,20)(H,18,21). The molecule has 1 saturated heterocycles. The van der Waals surface area contributed by atoms with E-state index in [-0.39, 0.29) is 24.4 Å². The molecule has 0 unspecified atom stereocenters. The van der Waals surface area contributed by atoms with E-state index in [2.05, 4.69) is 5.32 Å². The molecule has 1 heterocycles. The molecule has 114 valence electrons. The minimum atomic E-state index is -0.326. The Bertz CT molecular complexity index is 543. The molecule has 0 spiro atoms. The van der Waals surface area contributed by atoms with Crippen molar-refractivity contribution in [2.75, 3.05) is 19.6 Å². The van der Waals surface area contributed by atoms with E-state index in [1.165, 1.54) is 0 Å². The number of carbonyl (C=O) groups is 2. The quantitative estimate of drug-likeness (QED) is 0.882. The van der Waals surface area contributed by atoms with Gasteiger partial charge in [-0.1, -0.05) is 23.2 Å². The number of hydrogen-bond acceptors (Lipinski definition) is 3. The van der Waals surface area contributed by atoms with Crippen LogP contribution >= 0.6 is 23.2 Å². The van der Waals surface area contributed by atoms with Gasteiger partial charge < -0.3 is 11.1 Å². The van der Waals surface area contributed by atoms with Crippen LogP contribution in [0.25, 0.3) is 0 Å². The minimum Gasteiger partial charge on any atom is -0.369 e. The molecule has 0 aliphatic carbocycles. The average molecular weight is 330 g/mol. The number of hydrogen-bond donors (Lipinski definition) is 2. The summed E-state index contributed by atoms with van der Waals surface area (Å²) in [5.41, 5.74) is 5.66. The summed E-state index contributed by atoms with van der Waals surface area (Å²) in [5.74, 6) is -0.491. The summed E-state index contributed by atoms with van der Waals surface area (Å²) < 4.78 is 0. The van der Waals surface area contributed by atoms with E-state index in [1.54, 1.807) is 18.2 Å². The SMILES string of the molecule is NC(=O)CN1CCC(NC(=O)c2ccc(Cl)c(Cl)c2)CC1. The molecule has 0 bridgehead atoms. The highest BCUT2D eigenvalue weighted by atomic mass is 35.5. The maximum atomic E-state index is 12.1. The van der Waals surface area contributed by atoms with Gasteiger partial charge in [-0.3, -0.25) is 14.5 Å². The molecule has 0 aromatic heterocycles. The van der Waals surface area contributed by atoms with Gasteiger partial charge in [0.25, 0.3) is 5.91 Å². The van der Waals surface area contributed by atoms with Gasteiger partial charge in [-0.25, -0.2) is 0 Å². The normalized spacial score (nSPS) is 16.7. The van der Waals surface area contributed by atoms with Crippen LogP contribution in [-0.4, -0.2) is 42.4 Å². The second kappa shape index (κ2) is 7.11. The molecule has 3 N–H and O–H groups in total. The van der Waals surface area contributed by atoms with Crippen molar-refractivity contribution in [3.05, 3.63) is 33.8 Å². The maximum Gasteiger partial charge on any atom is 0.251 e. The molecule has 5 nitrogen and oxygen atoms in total. The fourth-order valence-corrected chi connectivity index (χ4v) is 2.66. The van der Waals surface area contributed by atoms with Gasteiger partial charge >= 0.3 is 0 Å². The van der Waals surface area contributed by atoms with Gasteiger partial charge in [-0.2, -0.15) is 0 Å². The highest BCUT2D eigenvalue weighted by molar-refractivity contribution is 6.42. The van der Waals surface area contributed by atoms with Crippen LogP contribution in [0.15, 0.2) is 18.2 Å². The molecule has 1 aliphatic heterocycles. The van der Waals surface area contributed by atoms with Crippen LogP contribution in [-0.2, 0) is 4.79 Å². The fraction of sp³-hybridized carbons (Fsp3) is 0.429. The van der Waals surface area contributed by atoms with Crippen molar-refractivity contribution in [2.45, 2.75) is 18.9 Å². The Morgan fingerprint density at radius 2 is 1.90 bits per heavy atom. The third-order valence-corrected chi connectivity index (χ3v) is 4.22. The Balaban J connectivity index is 1.86. The summed E-state index contributed by atoms with van der Waals surface area (Å²) in [5, 5.41) is 3.76. The van der Waals surface area contributed by atoms with E-state index < -0.39 is 0 Å². The molecule has 1 aromatic carbocycles. The van der Waals surface area contributed by atoms with Crippen molar-refractivity contribution >= 4 is 35.0 Å². The van der Waals surface area contributed by atoms with Gasteiger partial charge in [-0.15, -0.1) is 0 Å². The van der Waals surface area contributed by atoms with Crippen LogP contribution in [0, 0.1) is 0 Å². The summed E-state index contributed by atoms with van der Waals surface area (Å²) in [4.78, 5) is 25.0. The van der Waals surface area contributed by atoms with Crippen molar-refractivity contribution in [3.63, 3.8) is 0 Å². The summed E-state index contributed by atoms with van der Waals surface area (Å²) in [6.45, 7) is 1.76. The lowest BCUT2D eigenvalue weighted by atomic mass is 10.0. The molecule has 1 aromatic rings. The Morgan fingerprint density at radius 3 is 2.48 bits per heavy atom. The summed E-state index contributed by atoms with van der Waals surface area (Å²) >= 11 is 11.7. The van der Waals surface area contributed by atoms with Crippen LogP contribution < -0.4 is 11.1 Å². The molecule has 0 saturated carbocycles. The lowest BCUT2D eigenvalue weighted by molar-refractivity contribution is -0.119. The second-order valence-electron chi connectivity index (χ2n) is 5.12. The Hall–Kier alpha value is -1.30. The van der Waals surface area contributed by atoms with Gasteiger partial charge in [0.2, 0.25) is 5.91 Å². The molecule has 0 atom stereocenters. The van der Waals surface area contributed by atoms with Gasteiger partial charge in [0.15, 0.2) is 0 Å². The van der Waals surface area contributed by atoms with Crippen molar-refractivity contribution in [2.24, 2.45) is 5.73 Å². The maximum absolute atomic E-state index is 12.1. The number of rotatable bonds is 4. The first kappa shape index (κ1) is 16.1. The molecule has 7 heteroatoms. The average Bonchev–Trinajstić information content (AvgIpc) is 2.43. The lowest BCUT2D eigenvalue weighted by Gasteiger charge is -2.31. The Morgan fingerprint density at radius 1 is 1.24 bits per heavy atom. The monoisotopic (exact) mass is 329 g/mol. The summed E-state index contributed by atoms with van der Waals surface area (Å²) in [6, 6.07) is 4.90. The predicted octanol–water partition coefficient (Wildman–Crippen LogP) is 1.67. The number of carbonyl (C=O) groups excluding carboxylic acids is 2. The molecule has 1 fully saturated rings. The van der Waals surface area contributed by atoms with E-state index in [4.69, 9.17) is 28.9 Å². The number of nitrogens with two attached hydrogens (primary N) is 1. The zero-order valence-corrected chi connectivity index (χ0v) is 13.0.